The third-order valence-corrected chi connectivity index (χ3v) is 5.85. The van der Waals surface area contributed by atoms with Gasteiger partial charge < -0.3 is 24.4 Å². The van der Waals surface area contributed by atoms with Crippen LogP contribution in [-0.2, 0) is 28.4 Å². The number of alkyl halides is 6. The Kier molecular flexibility index (Phi) is 6.28. The highest BCUT2D eigenvalue weighted by Gasteiger charge is 2.46. The molecule has 1 fully saturated rings. The average Bonchev–Trinajstić information content (AvgIpc) is 3.15. The van der Waals surface area contributed by atoms with Gasteiger partial charge in [-0.25, -0.2) is 4.79 Å². The van der Waals surface area contributed by atoms with E-state index in [4.69, 9.17) is 14.2 Å². The molecular weight excluding hydrogens is 486 g/mol. The number of fused-ring (bicyclic) bond motifs is 3. The predicted octanol–water partition coefficient (Wildman–Crippen LogP) is 5.88. The second kappa shape index (κ2) is 8.81. The molecule has 2 N–H and O–H groups in total. The Balaban J connectivity index is 1.70. The van der Waals surface area contributed by atoms with Crippen molar-refractivity contribution in [3.63, 3.8) is 0 Å². The predicted molar refractivity (Wildman–Crippen MR) is 107 cm³/mol. The van der Waals surface area contributed by atoms with Crippen molar-refractivity contribution in [3.05, 3.63) is 52.1 Å². The second-order valence-electron chi connectivity index (χ2n) is 8.39. The summed E-state index contributed by atoms with van der Waals surface area (Å²) < 4.78 is 95.5. The number of hydrogen-bond acceptors (Lipinski definition) is 6. The van der Waals surface area contributed by atoms with Crippen molar-refractivity contribution < 1.29 is 55.6 Å². The van der Waals surface area contributed by atoms with E-state index in [0.29, 0.717) is 25.0 Å². The Morgan fingerprint density at radius 3 is 2.23 bits per heavy atom. The van der Waals surface area contributed by atoms with Gasteiger partial charge >= 0.3 is 18.3 Å². The summed E-state index contributed by atoms with van der Waals surface area (Å²) in [5, 5.41) is 20.5. The third kappa shape index (κ3) is 4.84. The van der Waals surface area contributed by atoms with Crippen molar-refractivity contribution in [2.24, 2.45) is 0 Å². The van der Waals surface area contributed by atoms with E-state index >= 15 is 0 Å². The zero-order valence-corrected chi connectivity index (χ0v) is 18.2. The van der Waals surface area contributed by atoms with Gasteiger partial charge in [0.1, 0.15) is 24.4 Å². The van der Waals surface area contributed by atoms with E-state index in [1.807, 2.05) is 6.92 Å². The number of phenolic OH excluding ortho intramolecular Hbond substituents is 2. The van der Waals surface area contributed by atoms with Crippen LogP contribution in [0.3, 0.4) is 0 Å². The van der Waals surface area contributed by atoms with Gasteiger partial charge in [-0.3, -0.25) is 0 Å². The average molecular weight is 506 g/mol. The highest BCUT2D eigenvalue weighted by atomic mass is 19.4. The molecule has 2 heterocycles. The van der Waals surface area contributed by atoms with Gasteiger partial charge in [-0.1, -0.05) is 13.3 Å². The molecule has 2 aromatic rings. The van der Waals surface area contributed by atoms with Crippen LogP contribution < -0.4 is 4.74 Å². The van der Waals surface area contributed by atoms with Crippen LogP contribution in [0.1, 0.15) is 64.9 Å². The number of carbonyl (C=O) groups is 1. The number of carbonyl (C=O) groups excluding carboxylic acids is 1. The van der Waals surface area contributed by atoms with Crippen LogP contribution in [0.15, 0.2) is 24.3 Å². The van der Waals surface area contributed by atoms with Gasteiger partial charge in [0.15, 0.2) is 11.5 Å². The van der Waals surface area contributed by atoms with Gasteiger partial charge in [0, 0.05) is 12.0 Å². The van der Waals surface area contributed by atoms with E-state index in [2.05, 4.69) is 0 Å². The summed E-state index contributed by atoms with van der Waals surface area (Å²) in [6.07, 6.45) is -9.88. The first kappa shape index (κ1) is 25.0. The largest absolute Gasteiger partial charge is 0.504 e. The molecule has 35 heavy (non-hydrogen) atoms. The van der Waals surface area contributed by atoms with Gasteiger partial charge in [0.25, 0.3) is 0 Å². The molecule has 3 atom stereocenters. The van der Waals surface area contributed by atoms with E-state index in [1.165, 1.54) is 0 Å². The van der Waals surface area contributed by atoms with Crippen LogP contribution in [0, 0.1) is 0 Å². The molecule has 6 nitrogen and oxygen atoms in total. The number of esters is 1. The molecule has 0 unspecified atom stereocenters. The Bertz CT molecular complexity index is 1110. The number of rotatable bonds is 5. The van der Waals surface area contributed by atoms with Crippen LogP contribution in [0.4, 0.5) is 26.3 Å². The molecule has 0 radical (unpaired) electrons. The number of benzene rings is 2. The van der Waals surface area contributed by atoms with Crippen molar-refractivity contribution in [2.75, 3.05) is 0 Å². The summed E-state index contributed by atoms with van der Waals surface area (Å²) in [6, 6.07) is 2.01. The minimum atomic E-state index is -5.06. The SMILES string of the molecule is CCC[C@H]1C[C@H]2OC(=O)c3c(cc(O)c(O)c3OCc3cc(C(F)(F)F)cc(C(F)(F)F)c3)[C@H]2O1. The molecule has 2 aromatic carbocycles. The lowest BCUT2D eigenvalue weighted by molar-refractivity contribution is -0.143. The summed E-state index contributed by atoms with van der Waals surface area (Å²) >= 11 is 0. The zero-order chi connectivity index (χ0) is 25.7. The summed E-state index contributed by atoms with van der Waals surface area (Å²) in [5.74, 6) is -3.16. The van der Waals surface area contributed by atoms with Gasteiger partial charge in [0.05, 0.1) is 17.2 Å². The van der Waals surface area contributed by atoms with Crippen LogP contribution >= 0.6 is 0 Å². The molecule has 4 rings (SSSR count). The van der Waals surface area contributed by atoms with Crippen molar-refractivity contribution in [2.45, 2.75) is 63.5 Å². The molecule has 2 aliphatic heterocycles. The molecule has 0 amide bonds. The topological polar surface area (TPSA) is 85.2 Å². The van der Waals surface area contributed by atoms with E-state index in [0.717, 1.165) is 12.5 Å². The number of ether oxygens (including phenoxy) is 3. The maximum absolute atomic E-state index is 13.1. The first-order valence-electron chi connectivity index (χ1n) is 10.7. The fourth-order valence-corrected chi connectivity index (χ4v) is 4.31. The normalized spacial score (nSPS) is 21.9. The van der Waals surface area contributed by atoms with Crippen LogP contribution in [0.2, 0.25) is 0 Å². The zero-order valence-electron chi connectivity index (χ0n) is 18.2. The van der Waals surface area contributed by atoms with E-state index in [9.17, 15) is 41.4 Å². The van der Waals surface area contributed by atoms with Gasteiger partial charge in [-0.15, -0.1) is 0 Å². The first-order chi connectivity index (χ1) is 16.3. The fraction of sp³-hybridized carbons (Fsp3) is 0.435. The minimum absolute atomic E-state index is 0.0289. The Morgan fingerprint density at radius 2 is 1.66 bits per heavy atom. The molecule has 2 aliphatic rings. The summed E-state index contributed by atoms with van der Waals surface area (Å²) in [5.41, 5.74) is -3.78. The maximum Gasteiger partial charge on any atom is 0.416 e. The number of phenols is 2. The van der Waals surface area contributed by atoms with Crippen molar-refractivity contribution in [1.29, 1.82) is 0 Å². The van der Waals surface area contributed by atoms with Crippen LogP contribution in [0.25, 0.3) is 0 Å². The lowest BCUT2D eigenvalue weighted by Gasteiger charge is -2.28. The van der Waals surface area contributed by atoms with E-state index in [-0.39, 0.29) is 23.3 Å². The van der Waals surface area contributed by atoms with Crippen molar-refractivity contribution in [1.82, 2.24) is 0 Å². The molecule has 0 aliphatic carbocycles. The molecule has 190 valence electrons. The van der Waals surface area contributed by atoms with Gasteiger partial charge in [0.2, 0.25) is 5.75 Å². The summed E-state index contributed by atoms with van der Waals surface area (Å²) in [4.78, 5) is 12.7. The molecule has 0 bridgehead atoms. The van der Waals surface area contributed by atoms with E-state index in [1.54, 1.807) is 0 Å². The Labute approximate surface area is 195 Å². The smallest absolute Gasteiger partial charge is 0.416 e. The summed E-state index contributed by atoms with van der Waals surface area (Å²) in [7, 11) is 0. The van der Waals surface area contributed by atoms with Gasteiger partial charge in [-0.05, 0) is 36.2 Å². The number of halogens is 6. The number of aromatic hydroxyl groups is 2. The highest BCUT2D eigenvalue weighted by molar-refractivity contribution is 5.97. The Hall–Kier alpha value is -3.15. The lowest BCUT2D eigenvalue weighted by atomic mass is 9.93. The highest BCUT2D eigenvalue weighted by Crippen LogP contribution is 2.50. The minimum Gasteiger partial charge on any atom is -0.504 e. The summed E-state index contributed by atoms with van der Waals surface area (Å²) in [6.45, 7) is 1.07. The molecule has 12 heteroatoms. The molecule has 0 aromatic heterocycles. The second-order valence-corrected chi connectivity index (χ2v) is 8.39. The van der Waals surface area contributed by atoms with Crippen LogP contribution in [-0.4, -0.2) is 28.4 Å². The standard InChI is InChI=1S/C23H20F6O6/c1-2-3-13-7-16-19(34-13)14-8-15(30)18(31)20(17(14)21(32)35-16)33-9-10-4-11(22(24,25)26)6-12(5-10)23(27,28)29/h4-6,8,13,16,19,30-31H,2-3,7,9H2,1H3/t13-,16+,19+/m0/s1. The van der Waals surface area contributed by atoms with Crippen molar-refractivity contribution in [3.8, 4) is 17.2 Å². The quantitative estimate of drug-likeness (QED) is 0.299. The van der Waals surface area contributed by atoms with Gasteiger partial charge in [-0.2, -0.15) is 26.3 Å². The molecule has 1 saturated heterocycles. The lowest BCUT2D eigenvalue weighted by Crippen LogP contribution is -2.29. The number of hydrogen-bond donors (Lipinski definition) is 2. The third-order valence-electron chi connectivity index (χ3n) is 5.85. The molecule has 0 saturated carbocycles. The molecule has 0 spiro atoms. The maximum atomic E-state index is 13.1. The van der Waals surface area contributed by atoms with Crippen LogP contribution in [0.5, 0.6) is 17.2 Å². The monoisotopic (exact) mass is 506 g/mol. The van der Waals surface area contributed by atoms with Crippen molar-refractivity contribution >= 4 is 5.97 Å². The fourth-order valence-electron chi connectivity index (χ4n) is 4.31. The Morgan fingerprint density at radius 1 is 1.03 bits per heavy atom. The van der Waals surface area contributed by atoms with E-state index < -0.39 is 71.1 Å². The first-order valence-corrected chi connectivity index (χ1v) is 10.7. The molecular formula is C23H20F6O6.